The summed E-state index contributed by atoms with van der Waals surface area (Å²) in [5.74, 6) is 0.516. The lowest BCUT2D eigenvalue weighted by molar-refractivity contribution is -0.190. The number of esters is 1. The highest BCUT2D eigenvalue weighted by Gasteiger charge is 2.69. The Balaban J connectivity index is 1.37. The van der Waals surface area contributed by atoms with Gasteiger partial charge in [0.25, 0.3) is 0 Å². The Kier molecular flexibility index (Phi) is 7.66. The van der Waals surface area contributed by atoms with Crippen LogP contribution in [-0.2, 0) is 25.5 Å². The van der Waals surface area contributed by atoms with Crippen LogP contribution in [0.25, 0.3) is 0 Å². The van der Waals surface area contributed by atoms with Crippen LogP contribution in [0.1, 0.15) is 86.1 Å². The summed E-state index contributed by atoms with van der Waals surface area (Å²) in [5, 5.41) is 21.8. The number of ketones is 1. The summed E-state index contributed by atoms with van der Waals surface area (Å²) < 4.78 is 12.9. The Labute approximate surface area is 263 Å². The average Bonchev–Trinajstić information content (AvgIpc) is 3.28. The minimum Gasteiger partial charge on any atom is -0.461 e. The van der Waals surface area contributed by atoms with E-state index in [0.717, 1.165) is 24.8 Å². The molecular formula is C38H52O6. The van der Waals surface area contributed by atoms with Gasteiger partial charge in [0.15, 0.2) is 5.78 Å². The number of carbonyl (C=O) groups excluding carboxylic acids is 2. The van der Waals surface area contributed by atoms with Crippen LogP contribution in [-0.4, -0.2) is 52.5 Å². The van der Waals surface area contributed by atoms with E-state index in [1.165, 1.54) is 5.57 Å². The largest absolute Gasteiger partial charge is 0.461 e. The zero-order valence-electron chi connectivity index (χ0n) is 27.6. The molecule has 6 heteroatoms. The van der Waals surface area contributed by atoms with Gasteiger partial charge in [0.05, 0.1) is 24.7 Å². The summed E-state index contributed by atoms with van der Waals surface area (Å²) in [4.78, 5) is 26.9. The fourth-order valence-corrected chi connectivity index (χ4v) is 10.8. The minimum absolute atomic E-state index is 0.0522. The predicted octanol–water partition coefficient (Wildman–Crippen LogP) is 6.24. The van der Waals surface area contributed by atoms with E-state index in [2.05, 4.69) is 46.8 Å². The molecule has 240 valence electrons. The number of fused-ring (bicyclic) bond motifs is 5. The van der Waals surface area contributed by atoms with Gasteiger partial charge < -0.3 is 19.7 Å². The van der Waals surface area contributed by atoms with E-state index >= 15 is 0 Å². The molecule has 1 heterocycles. The molecule has 5 aliphatic rings. The maximum Gasteiger partial charge on any atom is 0.310 e. The molecule has 1 aliphatic heterocycles. The molecule has 4 aliphatic carbocycles. The van der Waals surface area contributed by atoms with Crippen molar-refractivity contribution in [2.45, 2.75) is 111 Å². The number of allylic oxidation sites excluding steroid dienone is 3. The van der Waals surface area contributed by atoms with Crippen LogP contribution < -0.4 is 0 Å². The van der Waals surface area contributed by atoms with E-state index in [4.69, 9.17) is 9.47 Å². The maximum absolute atomic E-state index is 13.6. The minimum atomic E-state index is -0.935. The summed E-state index contributed by atoms with van der Waals surface area (Å²) in [7, 11) is 0. The molecule has 10 atom stereocenters. The van der Waals surface area contributed by atoms with Crippen molar-refractivity contribution in [2.24, 2.45) is 45.3 Å². The smallest absolute Gasteiger partial charge is 0.310 e. The molecule has 0 bridgehead atoms. The number of aliphatic hydroxyl groups is 2. The monoisotopic (exact) mass is 604 g/mol. The second-order valence-electron chi connectivity index (χ2n) is 16.4. The number of hydrogen-bond donors (Lipinski definition) is 2. The van der Waals surface area contributed by atoms with Gasteiger partial charge in [-0.05, 0) is 92.1 Å². The molecule has 0 amide bonds. The van der Waals surface area contributed by atoms with Gasteiger partial charge in [-0.1, -0.05) is 82.7 Å². The summed E-state index contributed by atoms with van der Waals surface area (Å²) in [5.41, 5.74) is 0.148. The lowest BCUT2D eigenvalue weighted by Crippen LogP contribution is -2.64. The maximum atomic E-state index is 13.6. The number of aliphatic hydroxyl groups excluding tert-OH is 2. The van der Waals surface area contributed by atoms with E-state index in [9.17, 15) is 19.8 Å². The molecule has 0 unspecified atom stereocenters. The molecule has 2 N–H and O–H groups in total. The van der Waals surface area contributed by atoms with Gasteiger partial charge in [-0.2, -0.15) is 0 Å². The van der Waals surface area contributed by atoms with Gasteiger partial charge in [-0.3, -0.25) is 9.59 Å². The fraction of sp³-hybridized carbons (Fsp3) is 0.684. The Hall–Kier alpha value is -2.28. The van der Waals surface area contributed by atoms with Gasteiger partial charge in [-0.25, -0.2) is 0 Å². The highest BCUT2D eigenvalue weighted by atomic mass is 16.5. The van der Waals surface area contributed by atoms with E-state index < -0.39 is 28.6 Å². The van der Waals surface area contributed by atoms with Gasteiger partial charge in [0.1, 0.15) is 12.2 Å². The third-order valence-corrected chi connectivity index (χ3v) is 13.3. The third kappa shape index (κ3) is 4.69. The van der Waals surface area contributed by atoms with Gasteiger partial charge in [0.2, 0.25) is 0 Å². The molecule has 2 saturated carbocycles. The van der Waals surface area contributed by atoms with Gasteiger partial charge in [-0.15, -0.1) is 0 Å². The van der Waals surface area contributed by atoms with E-state index in [1.807, 2.05) is 50.3 Å². The molecule has 1 aromatic rings. The summed E-state index contributed by atoms with van der Waals surface area (Å²) in [6.45, 7) is 15.4. The molecular weight excluding hydrogens is 552 g/mol. The number of benzene rings is 1. The average molecular weight is 605 g/mol. The van der Waals surface area contributed by atoms with Crippen LogP contribution in [0, 0.1) is 45.3 Å². The normalized spacial score (nSPS) is 44.1. The van der Waals surface area contributed by atoms with Crippen LogP contribution in [0.2, 0.25) is 0 Å². The first-order chi connectivity index (χ1) is 20.5. The zero-order valence-corrected chi connectivity index (χ0v) is 27.6. The molecule has 0 radical (unpaired) electrons. The Morgan fingerprint density at radius 1 is 1.00 bits per heavy atom. The van der Waals surface area contributed by atoms with Crippen LogP contribution >= 0.6 is 0 Å². The van der Waals surface area contributed by atoms with Crippen molar-refractivity contribution in [3.63, 3.8) is 0 Å². The topological polar surface area (TPSA) is 93.1 Å². The first-order valence-electron chi connectivity index (χ1n) is 16.7. The number of carbonyl (C=O) groups is 2. The zero-order chi connectivity index (χ0) is 31.9. The van der Waals surface area contributed by atoms with Gasteiger partial charge in [0, 0.05) is 10.8 Å². The van der Waals surface area contributed by atoms with Crippen LogP contribution in [0.5, 0.6) is 0 Å². The molecule has 1 saturated heterocycles. The first-order valence-corrected chi connectivity index (χ1v) is 16.7. The van der Waals surface area contributed by atoms with Crippen molar-refractivity contribution in [2.75, 3.05) is 6.61 Å². The number of ether oxygens (including phenoxy) is 2. The highest BCUT2D eigenvalue weighted by molar-refractivity contribution is 5.95. The quantitative estimate of drug-likeness (QED) is 0.312. The highest BCUT2D eigenvalue weighted by Crippen LogP contribution is 2.72. The molecule has 0 aromatic heterocycles. The fourth-order valence-electron chi connectivity index (χ4n) is 10.8. The van der Waals surface area contributed by atoms with E-state index in [-0.39, 0.29) is 58.8 Å². The molecule has 1 aromatic carbocycles. The Bertz CT molecular complexity index is 1360. The Morgan fingerprint density at radius 3 is 2.41 bits per heavy atom. The van der Waals surface area contributed by atoms with Crippen molar-refractivity contribution in [3.05, 3.63) is 59.7 Å². The molecule has 3 fully saturated rings. The Morgan fingerprint density at radius 2 is 1.70 bits per heavy atom. The van der Waals surface area contributed by atoms with Crippen molar-refractivity contribution >= 4 is 11.8 Å². The van der Waals surface area contributed by atoms with Crippen molar-refractivity contribution in [1.29, 1.82) is 0 Å². The first kappa shape index (κ1) is 31.7. The van der Waals surface area contributed by atoms with Crippen LogP contribution in [0.15, 0.2) is 54.1 Å². The second-order valence-corrected chi connectivity index (χ2v) is 16.4. The number of rotatable bonds is 4. The molecule has 6 nitrogen and oxygen atoms in total. The van der Waals surface area contributed by atoms with Crippen LogP contribution in [0.3, 0.4) is 0 Å². The van der Waals surface area contributed by atoms with Gasteiger partial charge >= 0.3 is 5.97 Å². The second kappa shape index (κ2) is 10.6. The van der Waals surface area contributed by atoms with Crippen molar-refractivity contribution < 1.29 is 29.3 Å². The molecule has 44 heavy (non-hydrogen) atoms. The summed E-state index contributed by atoms with van der Waals surface area (Å²) >= 11 is 0. The third-order valence-electron chi connectivity index (χ3n) is 13.3. The van der Waals surface area contributed by atoms with E-state index in [1.54, 1.807) is 0 Å². The van der Waals surface area contributed by atoms with E-state index in [0.29, 0.717) is 19.4 Å². The van der Waals surface area contributed by atoms with Crippen molar-refractivity contribution in [3.8, 4) is 0 Å². The van der Waals surface area contributed by atoms with Crippen LogP contribution in [0.4, 0.5) is 0 Å². The summed E-state index contributed by atoms with van der Waals surface area (Å²) in [6.07, 6.45) is 8.45. The number of hydrogen-bond acceptors (Lipinski definition) is 6. The lowest BCUT2D eigenvalue weighted by atomic mass is 9.38. The standard InChI is InChI=1S/C38H52O6/c1-34(2)29-21-31(44-32(41)19-23-11-9-8-10-12-23)38(7)27-14-13-25(24-20-26(39)33(42)35(3,4)43-22-24)36(27,5)17-15-28(38)37(29,6)18-16-30(34)40/h8-12,14,16,18,24-26,28-29,31,33,39,42H,13,15,17,19-22H2,1-7H3/t24-,25+,26-,28-,29+,31-,33+,36+,37-,38+/m1/s1. The summed E-state index contributed by atoms with van der Waals surface area (Å²) in [6, 6.07) is 9.75. The molecule has 0 spiro atoms. The predicted molar refractivity (Wildman–Crippen MR) is 169 cm³/mol. The molecule has 6 rings (SSSR count). The SMILES string of the molecule is CC1(C)OC[C@H]([C@@H]2CC=C3[C@@]4(C)[C@H](CC[C@]32C)[C@@]2(C)C=CC(=O)C(C)(C)[C@@H]2C[C@H]4OC(=O)Cc2ccccc2)C[C@@H](O)[C@@H]1O. The lowest BCUT2D eigenvalue weighted by Gasteiger charge is -2.66. The van der Waals surface area contributed by atoms with Crippen molar-refractivity contribution in [1.82, 2.24) is 0 Å².